The third-order valence-electron chi connectivity index (χ3n) is 2.52. The number of urea groups is 1. The van der Waals surface area contributed by atoms with Crippen LogP contribution in [0.15, 0.2) is 12.1 Å². The zero-order valence-corrected chi connectivity index (χ0v) is 9.77. The maximum Gasteiger partial charge on any atom is 0.319 e. The van der Waals surface area contributed by atoms with Gasteiger partial charge in [-0.15, -0.1) is 0 Å². The van der Waals surface area contributed by atoms with Gasteiger partial charge >= 0.3 is 6.03 Å². The van der Waals surface area contributed by atoms with Crippen molar-refractivity contribution >= 4 is 11.7 Å². The fraction of sp³-hybridized carbons (Fsp3) is 0.417. The molecule has 2 N–H and O–H groups in total. The molecule has 0 aliphatic carbocycles. The number of anilines is 1. The lowest BCUT2D eigenvalue weighted by molar-refractivity contribution is 0.252. The van der Waals surface area contributed by atoms with Crippen LogP contribution in [-0.4, -0.2) is 12.6 Å². The van der Waals surface area contributed by atoms with E-state index < -0.39 is 0 Å². The van der Waals surface area contributed by atoms with Crippen LogP contribution in [0, 0.1) is 20.8 Å². The topological polar surface area (TPSA) is 41.1 Å². The summed E-state index contributed by atoms with van der Waals surface area (Å²) < 4.78 is 0. The van der Waals surface area contributed by atoms with Gasteiger partial charge in [0.1, 0.15) is 0 Å². The largest absolute Gasteiger partial charge is 0.338 e. The standard InChI is InChI=1S/C12H18N2O/c1-5-13-12(15)14-11-6-8(2)10(4)9(3)7-11/h6-7H,5H2,1-4H3,(H2,13,14,15). The van der Waals surface area contributed by atoms with Crippen molar-refractivity contribution in [2.24, 2.45) is 0 Å². The van der Waals surface area contributed by atoms with Crippen LogP contribution in [0.25, 0.3) is 0 Å². The maximum absolute atomic E-state index is 11.3. The fourth-order valence-electron chi connectivity index (χ4n) is 1.44. The molecule has 0 heterocycles. The molecule has 0 aromatic heterocycles. The molecular formula is C12H18N2O. The number of carbonyl (C=O) groups excluding carboxylic acids is 1. The Hall–Kier alpha value is -1.51. The quantitative estimate of drug-likeness (QED) is 0.767. The van der Waals surface area contributed by atoms with Crippen LogP contribution in [0.2, 0.25) is 0 Å². The van der Waals surface area contributed by atoms with Gasteiger partial charge in [-0.2, -0.15) is 0 Å². The summed E-state index contributed by atoms with van der Waals surface area (Å²) in [6, 6.07) is 3.81. The predicted octanol–water partition coefficient (Wildman–Crippen LogP) is 2.75. The van der Waals surface area contributed by atoms with E-state index in [-0.39, 0.29) is 6.03 Å². The van der Waals surface area contributed by atoms with E-state index in [0.29, 0.717) is 6.54 Å². The van der Waals surface area contributed by atoms with Crippen molar-refractivity contribution in [2.45, 2.75) is 27.7 Å². The number of benzene rings is 1. The molecule has 2 amide bonds. The summed E-state index contributed by atoms with van der Waals surface area (Å²) in [5.41, 5.74) is 4.52. The number of rotatable bonds is 2. The van der Waals surface area contributed by atoms with Crippen LogP contribution in [0.3, 0.4) is 0 Å². The van der Waals surface area contributed by atoms with Crippen LogP contribution in [0.1, 0.15) is 23.6 Å². The molecule has 0 aliphatic rings. The van der Waals surface area contributed by atoms with Gasteiger partial charge in [0.25, 0.3) is 0 Å². The highest BCUT2D eigenvalue weighted by molar-refractivity contribution is 5.89. The van der Waals surface area contributed by atoms with E-state index in [1.165, 1.54) is 16.7 Å². The average Bonchev–Trinajstić information content (AvgIpc) is 2.14. The van der Waals surface area contributed by atoms with Crippen molar-refractivity contribution in [3.8, 4) is 0 Å². The molecule has 82 valence electrons. The summed E-state index contributed by atoms with van der Waals surface area (Å²) in [5, 5.41) is 5.50. The van der Waals surface area contributed by atoms with Crippen LogP contribution in [-0.2, 0) is 0 Å². The van der Waals surface area contributed by atoms with Crippen molar-refractivity contribution in [3.05, 3.63) is 28.8 Å². The third-order valence-corrected chi connectivity index (χ3v) is 2.52. The van der Waals surface area contributed by atoms with Gasteiger partial charge in [-0.25, -0.2) is 4.79 Å². The van der Waals surface area contributed by atoms with Crippen molar-refractivity contribution in [1.29, 1.82) is 0 Å². The maximum atomic E-state index is 11.3. The zero-order chi connectivity index (χ0) is 11.4. The van der Waals surface area contributed by atoms with E-state index in [4.69, 9.17) is 0 Å². The van der Waals surface area contributed by atoms with Crippen LogP contribution in [0.4, 0.5) is 10.5 Å². The van der Waals surface area contributed by atoms with Gasteiger partial charge in [0, 0.05) is 12.2 Å². The highest BCUT2D eigenvalue weighted by atomic mass is 16.2. The third kappa shape index (κ3) is 2.98. The summed E-state index contributed by atoms with van der Waals surface area (Å²) in [4.78, 5) is 11.3. The van der Waals surface area contributed by atoms with E-state index in [2.05, 4.69) is 17.6 Å². The molecule has 1 rings (SSSR count). The number of amides is 2. The highest BCUT2D eigenvalue weighted by Gasteiger charge is 2.03. The van der Waals surface area contributed by atoms with Crippen LogP contribution < -0.4 is 10.6 Å². The van der Waals surface area contributed by atoms with E-state index in [1.807, 2.05) is 32.9 Å². The number of carbonyl (C=O) groups is 1. The Kier molecular flexibility index (Phi) is 3.72. The Balaban J connectivity index is 2.83. The lowest BCUT2D eigenvalue weighted by Crippen LogP contribution is -2.28. The van der Waals surface area contributed by atoms with Gasteiger partial charge in [-0.3, -0.25) is 0 Å². The molecule has 0 bridgehead atoms. The molecule has 0 atom stereocenters. The van der Waals surface area contributed by atoms with Crippen molar-refractivity contribution in [1.82, 2.24) is 5.32 Å². The second-order valence-corrected chi connectivity index (χ2v) is 3.72. The molecule has 15 heavy (non-hydrogen) atoms. The zero-order valence-electron chi connectivity index (χ0n) is 9.77. The molecule has 1 aromatic carbocycles. The first kappa shape index (κ1) is 11.6. The smallest absolute Gasteiger partial charge is 0.319 e. The number of hydrogen-bond acceptors (Lipinski definition) is 1. The summed E-state index contributed by atoms with van der Waals surface area (Å²) in [5.74, 6) is 0. The Morgan fingerprint density at radius 3 is 2.20 bits per heavy atom. The monoisotopic (exact) mass is 206 g/mol. The van der Waals surface area contributed by atoms with Gasteiger partial charge < -0.3 is 10.6 Å². The molecule has 0 unspecified atom stereocenters. The van der Waals surface area contributed by atoms with Gasteiger partial charge in [0.15, 0.2) is 0 Å². The Morgan fingerprint density at radius 2 is 1.73 bits per heavy atom. The average molecular weight is 206 g/mol. The SMILES string of the molecule is CCNC(=O)Nc1cc(C)c(C)c(C)c1. The Labute approximate surface area is 90.9 Å². The van der Waals surface area contributed by atoms with Crippen molar-refractivity contribution < 1.29 is 4.79 Å². The molecule has 0 radical (unpaired) electrons. The van der Waals surface area contributed by atoms with E-state index in [0.717, 1.165) is 5.69 Å². The Morgan fingerprint density at radius 1 is 1.20 bits per heavy atom. The first-order valence-corrected chi connectivity index (χ1v) is 5.17. The lowest BCUT2D eigenvalue weighted by Gasteiger charge is -2.10. The van der Waals surface area contributed by atoms with Crippen LogP contribution in [0.5, 0.6) is 0 Å². The summed E-state index contributed by atoms with van der Waals surface area (Å²) in [6.07, 6.45) is 0. The molecule has 0 spiro atoms. The summed E-state index contributed by atoms with van der Waals surface area (Å²) in [7, 11) is 0. The first-order chi connectivity index (χ1) is 7.04. The summed E-state index contributed by atoms with van der Waals surface area (Å²) >= 11 is 0. The molecule has 0 saturated heterocycles. The minimum Gasteiger partial charge on any atom is -0.338 e. The van der Waals surface area contributed by atoms with Crippen molar-refractivity contribution in [2.75, 3.05) is 11.9 Å². The second kappa shape index (κ2) is 4.82. The highest BCUT2D eigenvalue weighted by Crippen LogP contribution is 2.18. The van der Waals surface area contributed by atoms with E-state index >= 15 is 0 Å². The number of hydrogen-bond donors (Lipinski definition) is 2. The van der Waals surface area contributed by atoms with Gasteiger partial charge in [0.05, 0.1) is 0 Å². The normalized spacial score (nSPS) is 9.87. The minimum atomic E-state index is -0.153. The predicted molar refractivity (Wildman–Crippen MR) is 63.3 cm³/mol. The molecular weight excluding hydrogens is 188 g/mol. The lowest BCUT2D eigenvalue weighted by atomic mass is 10.0. The van der Waals surface area contributed by atoms with Gasteiger partial charge in [-0.1, -0.05) is 0 Å². The molecule has 0 aliphatic heterocycles. The molecule has 3 heteroatoms. The van der Waals surface area contributed by atoms with Gasteiger partial charge in [-0.05, 0) is 56.5 Å². The Bertz CT molecular complexity index is 349. The number of nitrogens with one attached hydrogen (secondary N) is 2. The van der Waals surface area contributed by atoms with E-state index in [1.54, 1.807) is 0 Å². The van der Waals surface area contributed by atoms with E-state index in [9.17, 15) is 4.79 Å². The molecule has 0 fully saturated rings. The van der Waals surface area contributed by atoms with Crippen molar-refractivity contribution in [3.63, 3.8) is 0 Å². The molecule has 1 aromatic rings. The minimum absolute atomic E-state index is 0.153. The van der Waals surface area contributed by atoms with Crippen LogP contribution >= 0.6 is 0 Å². The molecule has 0 saturated carbocycles. The summed E-state index contributed by atoms with van der Waals surface area (Å²) in [6.45, 7) is 8.71. The van der Waals surface area contributed by atoms with Gasteiger partial charge in [0.2, 0.25) is 0 Å². The fourth-order valence-corrected chi connectivity index (χ4v) is 1.44. The first-order valence-electron chi connectivity index (χ1n) is 5.17. The number of aryl methyl sites for hydroxylation is 2. The second-order valence-electron chi connectivity index (χ2n) is 3.72. The molecule has 3 nitrogen and oxygen atoms in total.